The highest BCUT2D eigenvalue weighted by atomic mass is 19.1. The Hall–Kier alpha value is -2.73. The standard InChI is InChI=1S/C20H22FN3O2/c1-15-7-8-18(17(21)13-15)22-19(25)14-23-9-11-24(12-10-23)20(26)16-5-3-2-4-6-16/h2-8,13H,9-12,14H2,1H3,(H,22,25)/p+1. The molecule has 0 aromatic heterocycles. The van der Waals surface area contributed by atoms with Crippen LogP contribution >= 0.6 is 0 Å². The van der Waals surface area contributed by atoms with E-state index in [0.29, 0.717) is 31.7 Å². The van der Waals surface area contributed by atoms with Crippen LogP contribution in [-0.4, -0.2) is 49.4 Å². The number of carbonyl (C=O) groups is 2. The molecule has 0 atom stereocenters. The Morgan fingerprint density at radius 3 is 2.46 bits per heavy atom. The van der Waals surface area contributed by atoms with Crippen LogP contribution < -0.4 is 10.2 Å². The lowest BCUT2D eigenvalue weighted by atomic mass is 10.2. The first-order chi connectivity index (χ1) is 12.5. The van der Waals surface area contributed by atoms with Crippen LogP contribution in [-0.2, 0) is 4.79 Å². The van der Waals surface area contributed by atoms with Gasteiger partial charge in [0, 0.05) is 5.56 Å². The molecule has 5 nitrogen and oxygen atoms in total. The average Bonchev–Trinajstić information content (AvgIpc) is 2.65. The molecule has 26 heavy (non-hydrogen) atoms. The zero-order valence-corrected chi connectivity index (χ0v) is 14.8. The predicted molar refractivity (Wildman–Crippen MR) is 97.7 cm³/mol. The number of piperazine rings is 1. The number of amides is 2. The fourth-order valence-corrected chi connectivity index (χ4v) is 3.11. The van der Waals surface area contributed by atoms with Crippen molar-refractivity contribution in [2.24, 2.45) is 0 Å². The molecule has 2 aromatic carbocycles. The van der Waals surface area contributed by atoms with Crippen molar-refractivity contribution in [1.82, 2.24) is 4.90 Å². The molecule has 136 valence electrons. The Balaban J connectivity index is 1.49. The van der Waals surface area contributed by atoms with E-state index in [2.05, 4.69) is 5.32 Å². The molecule has 0 radical (unpaired) electrons. The van der Waals surface area contributed by atoms with Crippen molar-refractivity contribution in [3.63, 3.8) is 0 Å². The van der Waals surface area contributed by atoms with E-state index in [0.717, 1.165) is 10.5 Å². The minimum Gasteiger partial charge on any atom is -0.327 e. The predicted octanol–water partition coefficient (Wildman–Crippen LogP) is 1.11. The zero-order valence-electron chi connectivity index (χ0n) is 14.8. The van der Waals surface area contributed by atoms with Gasteiger partial charge in [0.1, 0.15) is 5.82 Å². The number of hydrogen-bond donors (Lipinski definition) is 2. The van der Waals surface area contributed by atoms with Crippen LogP contribution in [0.5, 0.6) is 0 Å². The normalized spacial score (nSPS) is 14.9. The second-order valence-corrected chi connectivity index (χ2v) is 6.62. The quantitative estimate of drug-likeness (QED) is 0.862. The molecule has 0 spiro atoms. The number of rotatable bonds is 4. The van der Waals surface area contributed by atoms with Gasteiger partial charge in [-0.15, -0.1) is 0 Å². The number of aryl methyl sites for hydroxylation is 1. The van der Waals surface area contributed by atoms with Crippen LogP contribution in [0.4, 0.5) is 10.1 Å². The van der Waals surface area contributed by atoms with Gasteiger partial charge in [0.05, 0.1) is 31.9 Å². The molecule has 1 aliphatic heterocycles. The summed E-state index contributed by atoms with van der Waals surface area (Å²) in [5.74, 6) is -0.618. The Morgan fingerprint density at radius 2 is 1.81 bits per heavy atom. The Labute approximate surface area is 152 Å². The van der Waals surface area contributed by atoms with Crippen LogP contribution in [0.3, 0.4) is 0 Å². The summed E-state index contributed by atoms with van der Waals surface area (Å²) < 4.78 is 13.8. The van der Waals surface area contributed by atoms with Gasteiger partial charge in [0.25, 0.3) is 11.8 Å². The average molecular weight is 356 g/mol. The van der Waals surface area contributed by atoms with Crippen molar-refractivity contribution in [2.45, 2.75) is 6.92 Å². The second-order valence-electron chi connectivity index (χ2n) is 6.62. The van der Waals surface area contributed by atoms with Gasteiger partial charge in [-0.25, -0.2) is 4.39 Å². The minimum atomic E-state index is -0.424. The summed E-state index contributed by atoms with van der Waals surface area (Å²) in [5, 5.41) is 2.63. The maximum atomic E-state index is 13.8. The molecule has 0 aliphatic carbocycles. The number of hydrogen-bond acceptors (Lipinski definition) is 2. The molecule has 2 aromatic rings. The second kappa shape index (κ2) is 8.10. The third-order valence-electron chi connectivity index (χ3n) is 4.59. The van der Waals surface area contributed by atoms with Crippen molar-refractivity contribution in [2.75, 3.05) is 38.0 Å². The van der Waals surface area contributed by atoms with Crippen LogP contribution in [0.25, 0.3) is 0 Å². The molecule has 0 bridgehead atoms. The van der Waals surface area contributed by atoms with E-state index < -0.39 is 5.82 Å². The number of carbonyl (C=O) groups excluding carboxylic acids is 2. The monoisotopic (exact) mass is 356 g/mol. The highest BCUT2D eigenvalue weighted by Crippen LogP contribution is 2.14. The zero-order chi connectivity index (χ0) is 18.5. The third-order valence-corrected chi connectivity index (χ3v) is 4.59. The SMILES string of the molecule is Cc1ccc(NC(=O)C[NH+]2CCN(C(=O)c3ccccc3)CC2)c(F)c1. The number of nitrogens with one attached hydrogen (secondary N) is 2. The molecular weight excluding hydrogens is 333 g/mol. The van der Waals surface area contributed by atoms with Gasteiger partial charge in [0.2, 0.25) is 0 Å². The fraction of sp³-hybridized carbons (Fsp3) is 0.300. The van der Waals surface area contributed by atoms with Gasteiger partial charge < -0.3 is 15.1 Å². The van der Waals surface area contributed by atoms with Crippen molar-refractivity contribution in [3.8, 4) is 0 Å². The van der Waals surface area contributed by atoms with E-state index in [4.69, 9.17) is 0 Å². The van der Waals surface area contributed by atoms with Gasteiger partial charge in [0.15, 0.2) is 6.54 Å². The van der Waals surface area contributed by atoms with E-state index in [-0.39, 0.29) is 24.0 Å². The van der Waals surface area contributed by atoms with Gasteiger partial charge in [-0.1, -0.05) is 24.3 Å². The maximum absolute atomic E-state index is 13.8. The molecule has 0 unspecified atom stereocenters. The third kappa shape index (κ3) is 4.46. The van der Waals surface area contributed by atoms with E-state index in [9.17, 15) is 14.0 Å². The number of benzene rings is 2. The summed E-state index contributed by atoms with van der Waals surface area (Å²) in [6, 6.07) is 13.9. The van der Waals surface area contributed by atoms with Crippen LogP contribution in [0.15, 0.2) is 48.5 Å². The molecule has 2 amide bonds. The van der Waals surface area contributed by atoms with Gasteiger partial charge in [-0.05, 0) is 36.8 Å². The first-order valence-corrected chi connectivity index (χ1v) is 8.77. The lowest BCUT2D eigenvalue weighted by molar-refractivity contribution is -0.895. The largest absolute Gasteiger partial charge is 0.327 e. The number of quaternary nitrogens is 1. The number of halogens is 1. The number of anilines is 1. The fourth-order valence-electron chi connectivity index (χ4n) is 3.11. The first kappa shape index (κ1) is 18.1. The molecule has 6 heteroatoms. The molecule has 1 aliphatic rings. The lowest BCUT2D eigenvalue weighted by Gasteiger charge is -2.32. The van der Waals surface area contributed by atoms with E-state index in [1.165, 1.54) is 6.07 Å². The van der Waals surface area contributed by atoms with Crippen LogP contribution in [0.1, 0.15) is 15.9 Å². The minimum absolute atomic E-state index is 0.0239. The summed E-state index contributed by atoms with van der Waals surface area (Å²) in [7, 11) is 0. The summed E-state index contributed by atoms with van der Waals surface area (Å²) in [5.41, 5.74) is 1.70. The van der Waals surface area contributed by atoms with Gasteiger partial charge in [-0.2, -0.15) is 0 Å². The van der Waals surface area contributed by atoms with Crippen LogP contribution in [0, 0.1) is 12.7 Å². The lowest BCUT2D eigenvalue weighted by Crippen LogP contribution is -3.15. The summed E-state index contributed by atoms with van der Waals surface area (Å²) in [6.45, 7) is 4.67. The summed E-state index contributed by atoms with van der Waals surface area (Å²) in [6.07, 6.45) is 0. The Morgan fingerprint density at radius 1 is 1.12 bits per heavy atom. The van der Waals surface area contributed by atoms with Crippen molar-refractivity contribution in [3.05, 3.63) is 65.5 Å². The van der Waals surface area contributed by atoms with Crippen molar-refractivity contribution < 1.29 is 18.9 Å². The van der Waals surface area contributed by atoms with Gasteiger partial charge >= 0.3 is 0 Å². The topological polar surface area (TPSA) is 53.9 Å². The maximum Gasteiger partial charge on any atom is 0.279 e. The summed E-state index contributed by atoms with van der Waals surface area (Å²) >= 11 is 0. The molecule has 1 saturated heterocycles. The molecule has 2 N–H and O–H groups in total. The van der Waals surface area contributed by atoms with Crippen molar-refractivity contribution >= 4 is 17.5 Å². The summed E-state index contributed by atoms with van der Waals surface area (Å²) in [4.78, 5) is 27.5. The molecular formula is C20H23FN3O2+. The Kier molecular flexibility index (Phi) is 5.63. The van der Waals surface area contributed by atoms with Gasteiger partial charge in [-0.3, -0.25) is 9.59 Å². The smallest absolute Gasteiger partial charge is 0.279 e. The highest BCUT2D eigenvalue weighted by Gasteiger charge is 2.26. The molecule has 3 rings (SSSR count). The van der Waals surface area contributed by atoms with Crippen LogP contribution in [0.2, 0.25) is 0 Å². The van der Waals surface area contributed by atoms with E-state index >= 15 is 0 Å². The van der Waals surface area contributed by atoms with E-state index in [1.54, 1.807) is 19.1 Å². The first-order valence-electron chi connectivity index (χ1n) is 8.77. The van der Waals surface area contributed by atoms with Crippen molar-refractivity contribution in [1.29, 1.82) is 0 Å². The Bertz CT molecular complexity index is 787. The molecule has 1 fully saturated rings. The number of nitrogens with zero attached hydrogens (tertiary/aromatic N) is 1. The van der Waals surface area contributed by atoms with E-state index in [1.807, 2.05) is 35.2 Å². The highest BCUT2D eigenvalue weighted by molar-refractivity contribution is 5.94. The molecule has 1 heterocycles. The molecule has 0 saturated carbocycles.